The first-order chi connectivity index (χ1) is 14.5. The third-order valence-electron chi connectivity index (χ3n) is 5.88. The molecule has 0 aromatic heterocycles. The fourth-order valence-corrected chi connectivity index (χ4v) is 3.79. The molecule has 2 atom stereocenters. The molecule has 1 amide bonds. The summed E-state index contributed by atoms with van der Waals surface area (Å²) < 4.78 is 11.1. The lowest BCUT2D eigenvalue weighted by Crippen LogP contribution is -2.39. The van der Waals surface area contributed by atoms with Gasteiger partial charge in [0.1, 0.15) is 11.5 Å². The number of carbonyl (C=O) groups is 1. The van der Waals surface area contributed by atoms with Crippen molar-refractivity contribution in [1.29, 1.82) is 0 Å². The van der Waals surface area contributed by atoms with Gasteiger partial charge in [-0.05, 0) is 61.9 Å². The van der Waals surface area contributed by atoms with Crippen molar-refractivity contribution >= 4 is 11.6 Å². The highest BCUT2D eigenvalue weighted by Gasteiger charge is 2.21. The Morgan fingerprint density at radius 1 is 1.13 bits per heavy atom. The van der Waals surface area contributed by atoms with Crippen molar-refractivity contribution in [2.75, 3.05) is 25.1 Å². The molecule has 0 unspecified atom stereocenters. The maximum Gasteiger partial charge on any atom is 0.261 e. The minimum absolute atomic E-state index is 0.0871. The molecule has 2 aromatic carbocycles. The van der Waals surface area contributed by atoms with E-state index >= 15 is 0 Å². The number of methoxy groups -OCH3 is 1. The lowest BCUT2D eigenvalue weighted by Gasteiger charge is -2.32. The van der Waals surface area contributed by atoms with Crippen LogP contribution in [0.4, 0.5) is 5.69 Å². The Morgan fingerprint density at radius 3 is 2.43 bits per heavy atom. The molecule has 1 N–H and O–H groups in total. The van der Waals surface area contributed by atoms with Crippen LogP contribution in [0, 0.1) is 5.92 Å². The number of benzene rings is 2. The predicted molar refractivity (Wildman–Crippen MR) is 121 cm³/mol. The Morgan fingerprint density at radius 2 is 1.80 bits per heavy atom. The fraction of sp³-hybridized carbons (Fsp3) is 0.480. The van der Waals surface area contributed by atoms with Gasteiger partial charge in [-0.3, -0.25) is 4.79 Å². The van der Waals surface area contributed by atoms with E-state index in [-0.39, 0.29) is 11.9 Å². The van der Waals surface area contributed by atoms with E-state index in [9.17, 15) is 4.79 Å². The number of rotatable bonds is 8. The van der Waals surface area contributed by atoms with Crippen LogP contribution in [0.2, 0.25) is 0 Å². The molecular formula is C25H34N2O3. The van der Waals surface area contributed by atoms with Gasteiger partial charge in [-0.25, -0.2) is 0 Å². The summed E-state index contributed by atoms with van der Waals surface area (Å²) in [6, 6.07) is 15.8. The van der Waals surface area contributed by atoms with Crippen molar-refractivity contribution in [2.24, 2.45) is 5.92 Å². The van der Waals surface area contributed by atoms with E-state index in [4.69, 9.17) is 9.47 Å². The summed E-state index contributed by atoms with van der Waals surface area (Å²) in [5, 5.41) is 3.09. The number of carbonyl (C=O) groups excluding carboxylic acids is 1. The molecule has 1 saturated heterocycles. The smallest absolute Gasteiger partial charge is 0.261 e. The largest absolute Gasteiger partial charge is 0.497 e. The van der Waals surface area contributed by atoms with Gasteiger partial charge in [-0.1, -0.05) is 32.0 Å². The van der Waals surface area contributed by atoms with Gasteiger partial charge < -0.3 is 19.7 Å². The molecule has 162 valence electrons. The van der Waals surface area contributed by atoms with Crippen LogP contribution < -0.4 is 19.7 Å². The summed E-state index contributed by atoms with van der Waals surface area (Å²) in [6.45, 7) is 8.52. The molecule has 0 aliphatic carbocycles. The van der Waals surface area contributed by atoms with Crippen LogP contribution in [0.3, 0.4) is 0 Å². The molecule has 30 heavy (non-hydrogen) atoms. The van der Waals surface area contributed by atoms with E-state index in [1.807, 2.05) is 32.0 Å². The second-order valence-corrected chi connectivity index (χ2v) is 8.19. The molecule has 3 rings (SSSR count). The molecule has 1 heterocycles. The van der Waals surface area contributed by atoms with Gasteiger partial charge >= 0.3 is 0 Å². The highest BCUT2D eigenvalue weighted by molar-refractivity contribution is 5.81. The third kappa shape index (κ3) is 5.68. The lowest BCUT2D eigenvalue weighted by atomic mass is 9.98. The SMILES string of the molecule is CC[C@H](Oc1cccc(OC)c1)C(=O)N[C@@H](C)c1ccc(N2CCC(C)CC2)cc1. The second kappa shape index (κ2) is 10.4. The summed E-state index contributed by atoms with van der Waals surface area (Å²) in [7, 11) is 1.61. The second-order valence-electron chi connectivity index (χ2n) is 8.19. The van der Waals surface area contributed by atoms with Gasteiger partial charge in [0.05, 0.1) is 13.2 Å². The Bertz CT molecular complexity index is 813. The number of nitrogens with one attached hydrogen (secondary N) is 1. The quantitative estimate of drug-likeness (QED) is 0.668. The van der Waals surface area contributed by atoms with Crippen LogP contribution in [0.15, 0.2) is 48.5 Å². The van der Waals surface area contributed by atoms with E-state index in [1.54, 1.807) is 13.2 Å². The molecule has 1 aliphatic rings. The Balaban J connectivity index is 1.58. The summed E-state index contributed by atoms with van der Waals surface area (Å²) in [6.07, 6.45) is 2.54. The minimum Gasteiger partial charge on any atom is -0.497 e. The molecule has 2 aromatic rings. The molecule has 0 radical (unpaired) electrons. The first-order valence-corrected chi connectivity index (χ1v) is 11.0. The molecule has 0 spiro atoms. The van der Waals surface area contributed by atoms with Crippen molar-refractivity contribution in [3.05, 3.63) is 54.1 Å². The zero-order valence-electron chi connectivity index (χ0n) is 18.6. The van der Waals surface area contributed by atoms with Crippen molar-refractivity contribution < 1.29 is 14.3 Å². The van der Waals surface area contributed by atoms with Crippen LogP contribution in [0.1, 0.15) is 51.6 Å². The number of piperidine rings is 1. The van der Waals surface area contributed by atoms with Gasteiger partial charge in [0.25, 0.3) is 5.91 Å². The normalized spacial score (nSPS) is 16.6. The fourth-order valence-electron chi connectivity index (χ4n) is 3.79. The van der Waals surface area contributed by atoms with Crippen LogP contribution in [-0.2, 0) is 4.79 Å². The summed E-state index contributed by atoms with van der Waals surface area (Å²) in [5.41, 5.74) is 2.35. The van der Waals surface area contributed by atoms with Crippen molar-refractivity contribution in [1.82, 2.24) is 5.32 Å². The molecule has 5 heteroatoms. The van der Waals surface area contributed by atoms with Crippen LogP contribution in [0.5, 0.6) is 11.5 Å². The number of anilines is 1. The monoisotopic (exact) mass is 410 g/mol. The minimum atomic E-state index is -0.547. The lowest BCUT2D eigenvalue weighted by molar-refractivity contribution is -0.128. The Labute approximate surface area is 180 Å². The van der Waals surface area contributed by atoms with E-state index in [1.165, 1.54) is 18.5 Å². The summed E-state index contributed by atoms with van der Waals surface area (Å²) >= 11 is 0. The van der Waals surface area contributed by atoms with Crippen LogP contribution >= 0.6 is 0 Å². The van der Waals surface area contributed by atoms with E-state index in [0.29, 0.717) is 17.9 Å². The number of amides is 1. The average molecular weight is 411 g/mol. The third-order valence-corrected chi connectivity index (χ3v) is 5.88. The van der Waals surface area contributed by atoms with Crippen LogP contribution in [-0.4, -0.2) is 32.2 Å². The van der Waals surface area contributed by atoms with Gasteiger partial charge in [-0.15, -0.1) is 0 Å². The Kier molecular flexibility index (Phi) is 7.61. The first-order valence-electron chi connectivity index (χ1n) is 11.0. The van der Waals surface area contributed by atoms with Gasteiger partial charge in [0.15, 0.2) is 6.10 Å². The van der Waals surface area contributed by atoms with E-state index in [2.05, 4.69) is 41.4 Å². The average Bonchev–Trinajstić information content (AvgIpc) is 2.78. The molecule has 0 saturated carbocycles. The maximum absolute atomic E-state index is 12.8. The highest BCUT2D eigenvalue weighted by atomic mass is 16.5. The molecule has 5 nitrogen and oxygen atoms in total. The Hall–Kier alpha value is -2.69. The number of hydrogen-bond donors (Lipinski definition) is 1. The van der Waals surface area contributed by atoms with Gasteiger partial charge in [-0.2, -0.15) is 0 Å². The van der Waals surface area contributed by atoms with E-state index in [0.717, 1.165) is 24.6 Å². The van der Waals surface area contributed by atoms with Gasteiger partial charge in [0, 0.05) is 24.8 Å². The van der Waals surface area contributed by atoms with Crippen molar-refractivity contribution in [3.8, 4) is 11.5 Å². The van der Waals surface area contributed by atoms with Crippen molar-refractivity contribution in [2.45, 2.75) is 52.2 Å². The van der Waals surface area contributed by atoms with Crippen LogP contribution in [0.25, 0.3) is 0 Å². The molecule has 1 aliphatic heterocycles. The standard InChI is InChI=1S/C25H34N2O3/c1-5-24(30-23-8-6-7-22(17-23)29-4)25(28)26-19(3)20-9-11-21(12-10-20)27-15-13-18(2)14-16-27/h6-12,17-19,24H,5,13-16H2,1-4H3,(H,26,28)/t19-,24-/m0/s1. The first kappa shape index (κ1) is 22.0. The van der Waals surface area contributed by atoms with E-state index < -0.39 is 6.10 Å². The number of ether oxygens (including phenoxy) is 2. The molecular weight excluding hydrogens is 376 g/mol. The maximum atomic E-state index is 12.8. The number of nitrogens with zero attached hydrogens (tertiary/aromatic N) is 1. The molecule has 0 bridgehead atoms. The predicted octanol–water partition coefficient (Wildman–Crippen LogP) is 4.97. The summed E-state index contributed by atoms with van der Waals surface area (Å²) in [5.74, 6) is 2.05. The topological polar surface area (TPSA) is 50.8 Å². The number of hydrogen-bond acceptors (Lipinski definition) is 4. The molecule has 1 fully saturated rings. The highest BCUT2D eigenvalue weighted by Crippen LogP contribution is 2.25. The summed E-state index contributed by atoms with van der Waals surface area (Å²) in [4.78, 5) is 15.2. The van der Waals surface area contributed by atoms with Gasteiger partial charge in [0.2, 0.25) is 0 Å². The zero-order valence-corrected chi connectivity index (χ0v) is 18.6. The van der Waals surface area contributed by atoms with Crippen molar-refractivity contribution in [3.63, 3.8) is 0 Å². The zero-order chi connectivity index (χ0) is 21.5.